The second kappa shape index (κ2) is 10.8. The third-order valence-electron chi connectivity index (χ3n) is 5.53. The molecule has 1 heterocycles. The Morgan fingerprint density at radius 3 is 2.15 bits per heavy atom. The standard InChI is InChI=1S/C29H26N2O2S/c1-20-14-16-23(17-15-20)27(22-10-4-3-5-11-22)31-29(33)26(19-24-12-8-18-34-24)30-28(32)25-13-7-6-9-21(25)2/h3-19,27H,1-2H3,(H,30,32)(H,31,33)/b26-19-/t27-/m1/s1. The van der Waals surface area contributed by atoms with Crippen molar-refractivity contribution in [1.29, 1.82) is 0 Å². The summed E-state index contributed by atoms with van der Waals surface area (Å²) in [6, 6.07) is 28.7. The van der Waals surface area contributed by atoms with Crippen molar-refractivity contribution in [2.24, 2.45) is 0 Å². The summed E-state index contributed by atoms with van der Waals surface area (Å²) in [5.74, 6) is -0.674. The Morgan fingerprint density at radius 1 is 0.794 bits per heavy atom. The summed E-state index contributed by atoms with van der Waals surface area (Å²) in [5, 5.41) is 7.92. The minimum atomic E-state index is -0.364. The van der Waals surface area contributed by atoms with Gasteiger partial charge in [0.2, 0.25) is 0 Å². The van der Waals surface area contributed by atoms with E-state index >= 15 is 0 Å². The molecule has 170 valence electrons. The van der Waals surface area contributed by atoms with Gasteiger partial charge in [-0.25, -0.2) is 0 Å². The zero-order valence-corrected chi connectivity index (χ0v) is 19.9. The molecular weight excluding hydrogens is 440 g/mol. The Hall–Kier alpha value is -3.96. The van der Waals surface area contributed by atoms with E-state index in [1.807, 2.05) is 104 Å². The number of hydrogen-bond donors (Lipinski definition) is 2. The first-order valence-electron chi connectivity index (χ1n) is 11.1. The summed E-state index contributed by atoms with van der Waals surface area (Å²) in [5.41, 5.74) is 4.64. The summed E-state index contributed by atoms with van der Waals surface area (Å²) >= 11 is 1.50. The minimum absolute atomic E-state index is 0.198. The number of rotatable bonds is 7. The lowest BCUT2D eigenvalue weighted by Gasteiger charge is -2.21. The highest BCUT2D eigenvalue weighted by molar-refractivity contribution is 7.10. The van der Waals surface area contributed by atoms with Crippen LogP contribution in [0.1, 0.15) is 43.5 Å². The Bertz CT molecular complexity index is 1290. The lowest BCUT2D eigenvalue weighted by Crippen LogP contribution is -2.37. The molecule has 34 heavy (non-hydrogen) atoms. The molecule has 1 aromatic heterocycles. The van der Waals surface area contributed by atoms with Crippen LogP contribution in [0.15, 0.2) is 102 Å². The van der Waals surface area contributed by atoms with Crippen LogP contribution in [0, 0.1) is 13.8 Å². The van der Waals surface area contributed by atoms with Gasteiger partial charge in [-0.2, -0.15) is 0 Å². The van der Waals surface area contributed by atoms with Crippen LogP contribution >= 0.6 is 11.3 Å². The van der Waals surface area contributed by atoms with Crippen LogP contribution in [0.2, 0.25) is 0 Å². The third-order valence-corrected chi connectivity index (χ3v) is 6.35. The molecule has 0 aliphatic heterocycles. The molecule has 2 N–H and O–H groups in total. The highest BCUT2D eigenvalue weighted by atomic mass is 32.1. The summed E-state index contributed by atoms with van der Waals surface area (Å²) in [6.45, 7) is 3.91. The molecule has 5 heteroatoms. The van der Waals surface area contributed by atoms with Gasteiger partial charge >= 0.3 is 0 Å². The second-order valence-corrected chi connectivity index (χ2v) is 9.05. The minimum Gasteiger partial charge on any atom is -0.340 e. The number of benzene rings is 3. The fourth-order valence-electron chi connectivity index (χ4n) is 3.66. The van der Waals surface area contributed by atoms with E-state index in [0.717, 1.165) is 27.1 Å². The van der Waals surface area contributed by atoms with Crippen molar-refractivity contribution in [2.45, 2.75) is 19.9 Å². The fourth-order valence-corrected chi connectivity index (χ4v) is 4.32. The number of carbonyl (C=O) groups is 2. The van der Waals surface area contributed by atoms with Crippen LogP contribution in [0.4, 0.5) is 0 Å². The largest absolute Gasteiger partial charge is 0.340 e. The molecule has 4 aromatic rings. The Balaban J connectivity index is 1.66. The normalized spacial score (nSPS) is 12.1. The molecule has 0 aliphatic rings. The van der Waals surface area contributed by atoms with E-state index in [1.165, 1.54) is 11.3 Å². The summed E-state index contributed by atoms with van der Waals surface area (Å²) < 4.78 is 0. The van der Waals surface area contributed by atoms with E-state index < -0.39 is 0 Å². The van der Waals surface area contributed by atoms with E-state index in [0.29, 0.717) is 5.56 Å². The zero-order valence-electron chi connectivity index (χ0n) is 19.1. The molecule has 4 nitrogen and oxygen atoms in total. The number of nitrogens with one attached hydrogen (secondary N) is 2. The predicted molar refractivity (Wildman–Crippen MR) is 139 cm³/mol. The van der Waals surface area contributed by atoms with E-state index in [-0.39, 0.29) is 23.6 Å². The molecule has 1 atom stereocenters. The maximum atomic E-state index is 13.6. The van der Waals surface area contributed by atoms with Gasteiger partial charge in [0.1, 0.15) is 5.70 Å². The molecule has 0 aliphatic carbocycles. The lowest BCUT2D eigenvalue weighted by molar-refractivity contribution is -0.118. The van der Waals surface area contributed by atoms with Gasteiger partial charge in [-0.3, -0.25) is 9.59 Å². The Labute approximate surface area is 204 Å². The topological polar surface area (TPSA) is 58.2 Å². The van der Waals surface area contributed by atoms with Crippen molar-refractivity contribution in [2.75, 3.05) is 0 Å². The number of carbonyl (C=O) groups excluding carboxylic acids is 2. The SMILES string of the molecule is Cc1ccc([C@H](NC(=O)/C(=C/c2cccs2)NC(=O)c2ccccc2C)c2ccccc2)cc1. The average molecular weight is 467 g/mol. The van der Waals surface area contributed by atoms with Crippen molar-refractivity contribution >= 4 is 29.2 Å². The van der Waals surface area contributed by atoms with Crippen molar-refractivity contribution in [3.63, 3.8) is 0 Å². The number of hydrogen-bond acceptors (Lipinski definition) is 3. The van der Waals surface area contributed by atoms with Gasteiger partial charge < -0.3 is 10.6 Å². The second-order valence-electron chi connectivity index (χ2n) is 8.07. The smallest absolute Gasteiger partial charge is 0.268 e. The molecule has 0 fully saturated rings. The molecule has 0 bridgehead atoms. The van der Waals surface area contributed by atoms with Gasteiger partial charge in [0.15, 0.2) is 0 Å². The number of aryl methyl sites for hydroxylation is 2. The summed E-state index contributed by atoms with van der Waals surface area (Å²) in [4.78, 5) is 27.5. The quantitative estimate of drug-likeness (QED) is 0.326. The van der Waals surface area contributed by atoms with E-state index in [9.17, 15) is 9.59 Å². The molecule has 0 radical (unpaired) electrons. The van der Waals surface area contributed by atoms with Crippen LogP contribution in [-0.2, 0) is 4.79 Å². The maximum absolute atomic E-state index is 13.6. The van der Waals surface area contributed by atoms with Crippen LogP contribution in [0.25, 0.3) is 6.08 Å². The van der Waals surface area contributed by atoms with Gasteiger partial charge in [-0.05, 0) is 54.1 Å². The zero-order chi connectivity index (χ0) is 23.9. The van der Waals surface area contributed by atoms with E-state index in [2.05, 4.69) is 10.6 Å². The monoisotopic (exact) mass is 466 g/mol. The first kappa shape index (κ1) is 23.2. The highest BCUT2D eigenvalue weighted by Crippen LogP contribution is 2.23. The van der Waals surface area contributed by atoms with Crippen LogP contribution in [0.3, 0.4) is 0 Å². The third kappa shape index (κ3) is 5.69. The van der Waals surface area contributed by atoms with Crippen LogP contribution in [-0.4, -0.2) is 11.8 Å². The Kier molecular flexibility index (Phi) is 7.35. The Morgan fingerprint density at radius 2 is 1.47 bits per heavy atom. The molecule has 0 unspecified atom stereocenters. The first-order valence-corrected chi connectivity index (χ1v) is 11.9. The molecular formula is C29H26N2O2S. The summed E-state index contributed by atoms with van der Waals surface area (Å²) in [7, 11) is 0. The predicted octanol–water partition coefficient (Wildman–Crippen LogP) is 6.04. The van der Waals surface area contributed by atoms with Crippen LogP contribution < -0.4 is 10.6 Å². The van der Waals surface area contributed by atoms with Crippen molar-refractivity contribution < 1.29 is 9.59 Å². The van der Waals surface area contributed by atoms with Gasteiger partial charge in [0.25, 0.3) is 11.8 Å². The van der Waals surface area contributed by atoms with Crippen LogP contribution in [0.5, 0.6) is 0 Å². The van der Waals surface area contributed by atoms with Gasteiger partial charge in [0.05, 0.1) is 6.04 Å². The van der Waals surface area contributed by atoms with Gasteiger partial charge in [0, 0.05) is 10.4 Å². The first-order chi connectivity index (χ1) is 16.5. The van der Waals surface area contributed by atoms with Crippen molar-refractivity contribution in [1.82, 2.24) is 10.6 Å². The number of amides is 2. The molecule has 2 amide bonds. The molecule has 0 saturated carbocycles. The lowest BCUT2D eigenvalue weighted by atomic mass is 9.97. The van der Waals surface area contributed by atoms with E-state index in [1.54, 1.807) is 12.1 Å². The maximum Gasteiger partial charge on any atom is 0.268 e. The van der Waals surface area contributed by atoms with Crippen molar-refractivity contribution in [3.8, 4) is 0 Å². The summed E-state index contributed by atoms with van der Waals surface area (Å²) in [6.07, 6.45) is 1.72. The molecule has 3 aromatic carbocycles. The molecule has 0 saturated heterocycles. The van der Waals surface area contributed by atoms with Gasteiger partial charge in [-0.1, -0.05) is 84.4 Å². The van der Waals surface area contributed by atoms with Gasteiger partial charge in [-0.15, -0.1) is 11.3 Å². The number of thiophene rings is 1. The fraction of sp³-hybridized carbons (Fsp3) is 0.103. The average Bonchev–Trinajstić information content (AvgIpc) is 3.36. The van der Waals surface area contributed by atoms with Crippen molar-refractivity contribution in [3.05, 3.63) is 135 Å². The van der Waals surface area contributed by atoms with E-state index in [4.69, 9.17) is 0 Å². The highest BCUT2D eigenvalue weighted by Gasteiger charge is 2.21. The molecule has 0 spiro atoms. The molecule has 4 rings (SSSR count).